The van der Waals surface area contributed by atoms with Gasteiger partial charge in [0.2, 0.25) is 5.91 Å². The summed E-state index contributed by atoms with van der Waals surface area (Å²) in [5, 5.41) is 5.87. The number of amides is 2. The Balaban J connectivity index is 1.56. The van der Waals surface area contributed by atoms with Gasteiger partial charge < -0.3 is 15.5 Å². The summed E-state index contributed by atoms with van der Waals surface area (Å²) in [7, 11) is 0. The number of halogens is 1. The number of carbonyl (C=O) groups excluding carboxylic acids is 2. The molecule has 0 saturated carbocycles. The van der Waals surface area contributed by atoms with Crippen LogP contribution in [0.3, 0.4) is 0 Å². The maximum atomic E-state index is 12.4. The molecular formula is C21H24ClN3O2. The van der Waals surface area contributed by atoms with Gasteiger partial charge in [-0.1, -0.05) is 23.7 Å². The summed E-state index contributed by atoms with van der Waals surface area (Å²) in [5.74, 6) is -0.648. The van der Waals surface area contributed by atoms with E-state index in [1.54, 1.807) is 31.2 Å². The smallest absolute Gasteiger partial charge is 0.253 e. The molecule has 0 aromatic heterocycles. The number of hydrogen-bond donors (Lipinski definition) is 2. The van der Waals surface area contributed by atoms with Gasteiger partial charge in [0.1, 0.15) is 6.04 Å². The lowest BCUT2D eigenvalue weighted by Crippen LogP contribution is -2.41. The fraction of sp³-hybridized carbons (Fsp3) is 0.333. The molecule has 1 fully saturated rings. The molecule has 142 valence electrons. The summed E-state index contributed by atoms with van der Waals surface area (Å²) in [6, 6.07) is 13.9. The van der Waals surface area contributed by atoms with E-state index in [4.69, 9.17) is 11.6 Å². The molecule has 6 heteroatoms. The molecule has 1 aliphatic heterocycles. The summed E-state index contributed by atoms with van der Waals surface area (Å²) < 4.78 is 0. The Kier molecular flexibility index (Phi) is 6.35. The molecule has 2 amide bonds. The monoisotopic (exact) mass is 385 g/mol. The zero-order chi connectivity index (χ0) is 19.2. The first kappa shape index (κ1) is 19.2. The second-order valence-electron chi connectivity index (χ2n) is 6.76. The van der Waals surface area contributed by atoms with E-state index in [-0.39, 0.29) is 11.8 Å². The molecule has 0 radical (unpaired) electrons. The molecule has 1 heterocycles. The molecule has 5 nitrogen and oxygen atoms in total. The van der Waals surface area contributed by atoms with Crippen LogP contribution in [0, 0.1) is 0 Å². The zero-order valence-corrected chi connectivity index (χ0v) is 16.1. The summed E-state index contributed by atoms with van der Waals surface area (Å²) in [4.78, 5) is 27.0. The van der Waals surface area contributed by atoms with Crippen LogP contribution in [0.25, 0.3) is 0 Å². The Hall–Kier alpha value is -2.53. The van der Waals surface area contributed by atoms with Gasteiger partial charge >= 0.3 is 0 Å². The predicted molar refractivity (Wildman–Crippen MR) is 110 cm³/mol. The number of nitrogens with zero attached hydrogens (tertiary/aromatic N) is 1. The van der Waals surface area contributed by atoms with Crippen molar-refractivity contribution in [1.29, 1.82) is 0 Å². The molecule has 0 unspecified atom stereocenters. The van der Waals surface area contributed by atoms with Gasteiger partial charge in [0.15, 0.2) is 0 Å². The number of piperidine rings is 1. The second-order valence-corrected chi connectivity index (χ2v) is 7.17. The van der Waals surface area contributed by atoms with E-state index in [1.807, 2.05) is 24.3 Å². The summed E-state index contributed by atoms with van der Waals surface area (Å²) >= 11 is 6.03. The van der Waals surface area contributed by atoms with E-state index in [0.717, 1.165) is 13.1 Å². The van der Waals surface area contributed by atoms with Crippen molar-refractivity contribution in [3.05, 3.63) is 59.1 Å². The van der Waals surface area contributed by atoms with E-state index in [0.29, 0.717) is 16.3 Å². The molecule has 1 atom stereocenters. The topological polar surface area (TPSA) is 61.4 Å². The van der Waals surface area contributed by atoms with Crippen LogP contribution in [0.4, 0.5) is 11.4 Å². The lowest BCUT2D eigenvalue weighted by atomic mass is 10.1. The van der Waals surface area contributed by atoms with Crippen molar-refractivity contribution < 1.29 is 9.59 Å². The fourth-order valence-corrected chi connectivity index (χ4v) is 3.37. The summed E-state index contributed by atoms with van der Waals surface area (Å²) in [5.41, 5.74) is 2.23. The number of rotatable bonds is 5. The lowest BCUT2D eigenvalue weighted by molar-refractivity contribution is -0.117. The normalized spacial score (nSPS) is 15.1. The van der Waals surface area contributed by atoms with Gasteiger partial charge in [-0.05, 0) is 62.6 Å². The number of anilines is 2. The molecule has 27 heavy (non-hydrogen) atoms. The number of hydrogen-bond acceptors (Lipinski definition) is 3. The highest BCUT2D eigenvalue weighted by atomic mass is 35.5. The number of carbonyl (C=O) groups is 2. The molecule has 0 aliphatic carbocycles. The van der Waals surface area contributed by atoms with E-state index >= 15 is 0 Å². The van der Waals surface area contributed by atoms with Crippen LogP contribution in [0.1, 0.15) is 36.5 Å². The Bertz CT molecular complexity index is 801. The summed E-state index contributed by atoms with van der Waals surface area (Å²) in [6.07, 6.45) is 3.74. The maximum absolute atomic E-state index is 12.4. The van der Waals surface area contributed by atoms with E-state index in [2.05, 4.69) is 15.5 Å². The Morgan fingerprint density at radius 2 is 1.67 bits per heavy atom. The zero-order valence-electron chi connectivity index (χ0n) is 15.4. The molecule has 3 rings (SSSR count). The van der Waals surface area contributed by atoms with Crippen molar-refractivity contribution in [2.45, 2.75) is 32.2 Å². The SMILES string of the molecule is C[C@H](NC(=O)c1ccccc1Cl)C(=O)Nc1ccc(N2CCCCC2)cc1. The van der Waals surface area contributed by atoms with Crippen LogP contribution in [-0.4, -0.2) is 30.9 Å². The lowest BCUT2D eigenvalue weighted by Gasteiger charge is -2.28. The van der Waals surface area contributed by atoms with E-state index in [9.17, 15) is 9.59 Å². The van der Waals surface area contributed by atoms with Gasteiger partial charge in [-0.3, -0.25) is 9.59 Å². The highest BCUT2D eigenvalue weighted by molar-refractivity contribution is 6.33. The van der Waals surface area contributed by atoms with Crippen LogP contribution < -0.4 is 15.5 Å². The molecule has 2 aromatic rings. The minimum Gasteiger partial charge on any atom is -0.372 e. The van der Waals surface area contributed by atoms with Gasteiger partial charge in [-0.15, -0.1) is 0 Å². The van der Waals surface area contributed by atoms with Gasteiger partial charge in [-0.25, -0.2) is 0 Å². The first-order valence-corrected chi connectivity index (χ1v) is 9.63. The highest BCUT2D eigenvalue weighted by Gasteiger charge is 2.18. The molecule has 2 aromatic carbocycles. The molecule has 0 spiro atoms. The largest absolute Gasteiger partial charge is 0.372 e. The molecule has 1 saturated heterocycles. The third-order valence-electron chi connectivity index (χ3n) is 4.72. The highest BCUT2D eigenvalue weighted by Crippen LogP contribution is 2.22. The minimum atomic E-state index is -0.685. The number of nitrogens with one attached hydrogen (secondary N) is 2. The molecular weight excluding hydrogens is 362 g/mol. The average molecular weight is 386 g/mol. The first-order valence-electron chi connectivity index (χ1n) is 9.26. The van der Waals surface area contributed by atoms with Crippen LogP contribution in [0.5, 0.6) is 0 Å². The van der Waals surface area contributed by atoms with Gasteiger partial charge in [-0.2, -0.15) is 0 Å². The first-order chi connectivity index (χ1) is 13.0. The van der Waals surface area contributed by atoms with Gasteiger partial charge in [0.05, 0.1) is 10.6 Å². The van der Waals surface area contributed by atoms with Crippen molar-refractivity contribution in [2.75, 3.05) is 23.3 Å². The summed E-state index contributed by atoms with van der Waals surface area (Å²) in [6.45, 7) is 3.81. The van der Waals surface area contributed by atoms with E-state index < -0.39 is 6.04 Å². The fourth-order valence-electron chi connectivity index (χ4n) is 3.14. The average Bonchev–Trinajstić information content (AvgIpc) is 2.69. The van der Waals surface area contributed by atoms with Crippen LogP contribution in [-0.2, 0) is 4.79 Å². The van der Waals surface area contributed by atoms with Crippen molar-refractivity contribution in [1.82, 2.24) is 5.32 Å². The van der Waals surface area contributed by atoms with E-state index in [1.165, 1.54) is 24.9 Å². The quantitative estimate of drug-likeness (QED) is 0.814. The van der Waals surface area contributed by atoms with Crippen molar-refractivity contribution in [3.8, 4) is 0 Å². The Labute approximate surface area is 164 Å². The maximum Gasteiger partial charge on any atom is 0.253 e. The second kappa shape index (κ2) is 8.91. The van der Waals surface area contributed by atoms with Gasteiger partial charge in [0.25, 0.3) is 5.91 Å². The predicted octanol–water partition coefficient (Wildman–Crippen LogP) is 4.09. The molecule has 1 aliphatic rings. The standard InChI is InChI=1S/C21H24ClN3O2/c1-15(23-21(27)18-7-3-4-8-19(18)22)20(26)24-16-9-11-17(12-10-16)25-13-5-2-6-14-25/h3-4,7-12,15H,2,5-6,13-14H2,1H3,(H,23,27)(H,24,26)/t15-/m0/s1. The Morgan fingerprint density at radius 1 is 1.00 bits per heavy atom. The van der Waals surface area contributed by atoms with Crippen LogP contribution in [0.2, 0.25) is 5.02 Å². The minimum absolute atomic E-state index is 0.277. The molecule has 2 N–H and O–H groups in total. The third-order valence-corrected chi connectivity index (χ3v) is 5.05. The van der Waals surface area contributed by atoms with Crippen molar-refractivity contribution in [2.24, 2.45) is 0 Å². The van der Waals surface area contributed by atoms with Crippen molar-refractivity contribution >= 4 is 34.8 Å². The number of benzene rings is 2. The molecule has 0 bridgehead atoms. The van der Waals surface area contributed by atoms with Crippen LogP contribution >= 0.6 is 11.6 Å². The Morgan fingerprint density at radius 3 is 2.33 bits per heavy atom. The third kappa shape index (κ3) is 5.01. The van der Waals surface area contributed by atoms with Gasteiger partial charge in [0, 0.05) is 24.5 Å². The van der Waals surface area contributed by atoms with Crippen molar-refractivity contribution in [3.63, 3.8) is 0 Å². The van der Waals surface area contributed by atoms with Crippen LogP contribution in [0.15, 0.2) is 48.5 Å².